The van der Waals surface area contributed by atoms with Crippen molar-refractivity contribution in [2.75, 3.05) is 0 Å². The first-order chi connectivity index (χ1) is 6.04. The average Bonchev–Trinajstić information content (AvgIpc) is 2.27. The Kier molecular flexibility index (Phi) is 1.91. The van der Waals surface area contributed by atoms with E-state index in [9.17, 15) is 4.79 Å². The van der Waals surface area contributed by atoms with Gasteiger partial charge in [-0.2, -0.15) is 0 Å². The number of rotatable bonds is 1. The van der Waals surface area contributed by atoms with Gasteiger partial charge in [0.15, 0.2) is 0 Å². The van der Waals surface area contributed by atoms with E-state index in [1.54, 1.807) is 0 Å². The Morgan fingerprint density at radius 1 is 1.62 bits per heavy atom. The van der Waals surface area contributed by atoms with Crippen LogP contribution in [0.15, 0.2) is 0 Å². The van der Waals surface area contributed by atoms with Gasteiger partial charge in [0.1, 0.15) is 12.1 Å². The van der Waals surface area contributed by atoms with Crippen molar-refractivity contribution in [3.63, 3.8) is 0 Å². The van der Waals surface area contributed by atoms with Gasteiger partial charge in [0, 0.05) is 18.4 Å². The van der Waals surface area contributed by atoms with E-state index in [1.165, 1.54) is 0 Å². The summed E-state index contributed by atoms with van der Waals surface area (Å²) in [4.78, 5) is 13.7. The van der Waals surface area contributed by atoms with Crippen molar-refractivity contribution in [1.29, 1.82) is 0 Å². The lowest BCUT2D eigenvalue weighted by atomic mass is 9.77. The van der Waals surface area contributed by atoms with Crippen LogP contribution in [0.25, 0.3) is 0 Å². The fourth-order valence-corrected chi connectivity index (χ4v) is 2.76. The molecule has 2 fully saturated rings. The molecule has 0 saturated carbocycles. The van der Waals surface area contributed by atoms with Crippen molar-refractivity contribution in [3.05, 3.63) is 0 Å². The van der Waals surface area contributed by atoms with E-state index in [2.05, 4.69) is 25.5 Å². The minimum absolute atomic E-state index is 0.0163. The maximum Gasteiger partial charge on any atom is 0.322 e. The van der Waals surface area contributed by atoms with E-state index in [1.807, 2.05) is 0 Å². The number of hydrogen-bond acceptors (Lipinski definition) is 3. The van der Waals surface area contributed by atoms with E-state index >= 15 is 0 Å². The summed E-state index contributed by atoms with van der Waals surface area (Å²) < 4.78 is 5.27. The molecule has 13 heavy (non-hydrogen) atoms. The molecule has 4 heteroatoms. The summed E-state index contributed by atoms with van der Waals surface area (Å²) in [6.07, 6.45) is 2.05. The van der Waals surface area contributed by atoms with Crippen molar-refractivity contribution in [3.8, 4) is 0 Å². The highest BCUT2D eigenvalue weighted by Gasteiger charge is 2.49. The summed E-state index contributed by atoms with van der Waals surface area (Å²) in [5, 5.41) is 0. The minimum atomic E-state index is -0.0163. The monoisotopic (exact) mass is 181 g/mol. The number of ether oxygens (including phenoxy) is 1. The van der Waals surface area contributed by atoms with E-state index in [0.717, 1.165) is 20.3 Å². The summed E-state index contributed by atoms with van der Waals surface area (Å²) in [7, 11) is 0.930. The van der Waals surface area contributed by atoms with Gasteiger partial charge in [-0.05, 0) is 13.8 Å². The van der Waals surface area contributed by atoms with Crippen LogP contribution in [0.3, 0.4) is 0 Å². The molecule has 2 saturated heterocycles. The Morgan fingerprint density at radius 3 is 2.92 bits per heavy atom. The van der Waals surface area contributed by atoms with Crippen molar-refractivity contribution < 1.29 is 9.53 Å². The highest BCUT2D eigenvalue weighted by Crippen LogP contribution is 2.37. The number of carbonyl (C=O) groups excluding carboxylic acids is 1. The second-order valence-electron chi connectivity index (χ2n) is 4.61. The number of fused-ring (bicyclic) bond motifs is 2. The maximum absolute atomic E-state index is 11.4. The summed E-state index contributed by atoms with van der Waals surface area (Å²) >= 11 is 0. The smallest absolute Gasteiger partial charge is 0.322 e. The van der Waals surface area contributed by atoms with Gasteiger partial charge < -0.3 is 9.55 Å². The SMILES string of the molecule is CBN1C2CC(CC1(C)C)OC2=O. The fourth-order valence-electron chi connectivity index (χ4n) is 2.76. The highest BCUT2D eigenvalue weighted by atomic mass is 16.6. The topological polar surface area (TPSA) is 29.5 Å². The molecule has 2 aliphatic heterocycles. The van der Waals surface area contributed by atoms with Crippen molar-refractivity contribution in [2.24, 2.45) is 0 Å². The second-order valence-corrected chi connectivity index (χ2v) is 4.61. The average molecular weight is 181 g/mol. The number of carbonyl (C=O) groups is 1. The van der Waals surface area contributed by atoms with E-state index in [-0.39, 0.29) is 23.7 Å². The Hall–Kier alpha value is -0.505. The zero-order valence-electron chi connectivity index (χ0n) is 8.54. The summed E-state index contributed by atoms with van der Waals surface area (Å²) in [6, 6.07) is 0.0266. The third-order valence-corrected chi connectivity index (χ3v) is 3.26. The summed E-state index contributed by atoms with van der Waals surface area (Å²) in [5.41, 5.74) is 0.120. The molecule has 0 N–H and O–H groups in total. The Balaban J connectivity index is 2.26. The number of esters is 1. The Labute approximate surface area is 79.7 Å². The van der Waals surface area contributed by atoms with Crippen molar-refractivity contribution in [2.45, 2.75) is 51.2 Å². The van der Waals surface area contributed by atoms with Gasteiger partial charge >= 0.3 is 5.97 Å². The van der Waals surface area contributed by atoms with Crippen LogP contribution in [0.2, 0.25) is 6.82 Å². The molecule has 2 atom stereocenters. The van der Waals surface area contributed by atoms with Gasteiger partial charge in [0.25, 0.3) is 0 Å². The molecular formula is C9H16BNO2. The molecule has 0 amide bonds. The van der Waals surface area contributed by atoms with Gasteiger partial charge in [-0.15, -0.1) is 0 Å². The molecule has 0 aromatic rings. The predicted molar refractivity (Wildman–Crippen MR) is 51.8 cm³/mol. The molecule has 2 unspecified atom stereocenters. The first-order valence-corrected chi connectivity index (χ1v) is 5.02. The van der Waals surface area contributed by atoms with Crippen molar-refractivity contribution in [1.82, 2.24) is 4.81 Å². The van der Waals surface area contributed by atoms with Crippen molar-refractivity contribution >= 4 is 13.4 Å². The largest absolute Gasteiger partial charge is 0.461 e. The fraction of sp³-hybridized carbons (Fsp3) is 0.889. The molecule has 0 aromatic heterocycles. The molecule has 3 nitrogen and oxygen atoms in total. The lowest BCUT2D eigenvalue weighted by Crippen LogP contribution is -2.55. The van der Waals surface area contributed by atoms with Gasteiger partial charge in [-0.3, -0.25) is 4.79 Å². The third-order valence-electron chi connectivity index (χ3n) is 3.26. The number of nitrogens with zero attached hydrogens (tertiary/aromatic N) is 1. The molecule has 0 radical (unpaired) electrons. The van der Waals surface area contributed by atoms with Crippen LogP contribution in [-0.2, 0) is 9.53 Å². The molecule has 0 aromatic carbocycles. The minimum Gasteiger partial charge on any atom is -0.461 e. The van der Waals surface area contributed by atoms with Crippen LogP contribution in [-0.4, -0.2) is 35.9 Å². The number of piperidine rings is 1. The molecule has 2 heterocycles. The molecule has 2 bridgehead atoms. The van der Waals surface area contributed by atoms with Gasteiger partial charge in [0.2, 0.25) is 7.41 Å². The molecule has 72 valence electrons. The van der Waals surface area contributed by atoms with Crippen LogP contribution in [0.4, 0.5) is 0 Å². The van der Waals surface area contributed by atoms with Crippen LogP contribution >= 0.6 is 0 Å². The van der Waals surface area contributed by atoms with Gasteiger partial charge in [0.05, 0.1) is 0 Å². The zero-order valence-corrected chi connectivity index (χ0v) is 8.54. The van der Waals surface area contributed by atoms with E-state index in [4.69, 9.17) is 4.74 Å². The first kappa shape index (κ1) is 9.07. The standard InChI is InChI=1S/C9H16BNO2/c1-9(2)5-6-4-7(8(12)13-6)11(9)10-3/h6-7,10H,4-5H2,1-3H3. The lowest BCUT2D eigenvalue weighted by molar-refractivity contribution is -0.142. The van der Waals surface area contributed by atoms with E-state index in [0.29, 0.717) is 0 Å². The van der Waals surface area contributed by atoms with E-state index < -0.39 is 0 Å². The second kappa shape index (κ2) is 2.74. The summed E-state index contributed by atoms with van der Waals surface area (Å²) in [5.74, 6) is -0.0163. The van der Waals surface area contributed by atoms with Crippen LogP contribution in [0.5, 0.6) is 0 Å². The zero-order chi connectivity index (χ0) is 9.64. The Bertz CT molecular complexity index is 242. The first-order valence-electron chi connectivity index (χ1n) is 5.02. The number of hydrogen-bond donors (Lipinski definition) is 0. The van der Waals surface area contributed by atoms with Crippen LogP contribution < -0.4 is 0 Å². The highest BCUT2D eigenvalue weighted by molar-refractivity contribution is 6.31. The van der Waals surface area contributed by atoms with Crippen LogP contribution in [0, 0.1) is 0 Å². The molecular weight excluding hydrogens is 165 g/mol. The molecule has 2 aliphatic rings. The van der Waals surface area contributed by atoms with Gasteiger partial charge in [-0.1, -0.05) is 6.82 Å². The normalized spacial score (nSPS) is 37.3. The maximum atomic E-state index is 11.4. The predicted octanol–water partition coefficient (Wildman–Crippen LogP) is 0.554. The molecule has 0 aliphatic carbocycles. The molecule has 0 spiro atoms. The third kappa shape index (κ3) is 1.28. The molecule has 2 rings (SSSR count). The lowest BCUT2D eigenvalue weighted by Gasteiger charge is -2.43. The van der Waals surface area contributed by atoms with Gasteiger partial charge in [-0.25, -0.2) is 0 Å². The Morgan fingerprint density at radius 2 is 2.31 bits per heavy atom. The quantitative estimate of drug-likeness (QED) is 0.437. The summed E-state index contributed by atoms with van der Waals surface area (Å²) in [6.45, 7) is 6.49. The van der Waals surface area contributed by atoms with Crippen LogP contribution in [0.1, 0.15) is 26.7 Å².